The molecule has 0 atom stereocenters. The SMILES string of the molecule is CCOc1ccc2nc(Sc3cccc(NN)n3)[nH]c2c1. The zero-order valence-corrected chi connectivity index (χ0v) is 12.3. The van der Waals surface area contributed by atoms with E-state index in [0.29, 0.717) is 12.4 Å². The van der Waals surface area contributed by atoms with Crippen LogP contribution in [0.25, 0.3) is 11.0 Å². The third-order valence-electron chi connectivity index (χ3n) is 2.82. The van der Waals surface area contributed by atoms with E-state index in [9.17, 15) is 0 Å². The topological polar surface area (TPSA) is 88.8 Å². The smallest absolute Gasteiger partial charge is 0.172 e. The van der Waals surface area contributed by atoms with Crippen molar-refractivity contribution in [2.75, 3.05) is 12.0 Å². The summed E-state index contributed by atoms with van der Waals surface area (Å²) >= 11 is 1.45. The number of pyridine rings is 1. The number of benzene rings is 1. The van der Waals surface area contributed by atoms with Crippen molar-refractivity contribution in [3.8, 4) is 5.75 Å². The number of aromatic nitrogens is 3. The first-order chi connectivity index (χ1) is 10.3. The Bertz CT molecular complexity index is 758. The fraction of sp³-hybridized carbons (Fsp3) is 0.143. The van der Waals surface area contributed by atoms with Gasteiger partial charge >= 0.3 is 0 Å². The zero-order valence-electron chi connectivity index (χ0n) is 11.5. The molecule has 0 amide bonds. The number of imidazole rings is 1. The van der Waals surface area contributed by atoms with Gasteiger partial charge in [0.1, 0.15) is 16.6 Å². The monoisotopic (exact) mass is 301 g/mol. The second-order valence-corrected chi connectivity index (χ2v) is 5.27. The predicted octanol–water partition coefficient (Wildman–Crippen LogP) is 2.79. The molecule has 0 saturated heterocycles. The molecule has 108 valence electrons. The van der Waals surface area contributed by atoms with Gasteiger partial charge in [-0.3, -0.25) is 0 Å². The molecule has 4 N–H and O–H groups in total. The van der Waals surface area contributed by atoms with E-state index < -0.39 is 0 Å². The van der Waals surface area contributed by atoms with Crippen LogP contribution in [0.4, 0.5) is 5.82 Å². The molecule has 1 aromatic carbocycles. The van der Waals surface area contributed by atoms with E-state index in [-0.39, 0.29) is 0 Å². The summed E-state index contributed by atoms with van der Waals surface area (Å²) in [6, 6.07) is 11.4. The minimum absolute atomic E-state index is 0.620. The van der Waals surface area contributed by atoms with Crippen molar-refractivity contribution in [2.45, 2.75) is 17.1 Å². The third kappa shape index (κ3) is 3.09. The summed E-state index contributed by atoms with van der Waals surface area (Å²) in [5.41, 5.74) is 4.37. The summed E-state index contributed by atoms with van der Waals surface area (Å²) in [6.07, 6.45) is 0. The van der Waals surface area contributed by atoms with E-state index in [1.54, 1.807) is 6.07 Å². The number of ether oxygens (including phenoxy) is 1. The molecule has 0 fully saturated rings. The highest BCUT2D eigenvalue weighted by molar-refractivity contribution is 7.99. The number of H-pyrrole nitrogens is 1. The highest BCUT2D eigenvalue weighted by atomic mass is 32.2. The molecule has 3 aromatic rings. The minimum Gasteiger partial charge on any atom is -0.494 e. The van der Waals surface area contributed by atoms with E-state index in [0.717, 1.165) is 27.0 Å². The Morgan fingerprint density at radius 2 is 2.19 bits per heavy atom. The molecule has 6 nitrogen and oxygen atoms in total. The molecule has 0 aliphatic rings. The molecule has 0 saturated carbocycles. The number of nitrogens with zero attached hydrogens (tertiary/aromatic N) is 2. The highest BCUT2D eigenvalue weighted by Crippen LogP contribution is 2.28. The average molecular weight is 301 g/mol. The van der Waals surface area contributed by atoms with Crippen molar-refractivity contribution >= 4 is 28.6 Å². The van der Waals surface area contributed by atoms with Crippen LogP contribution in [0.5, 0.6) is 5.75 Å². The fourth-order valence-corrected chi connectivity index (χ4v) is 2.71. The summed E-state index contributed by atoms with van der Waals surface area (Å²) in [5.74, 6) is 6.81. The number of fused-ring (bicyclic) bond motifs is 1. The predicted molar refractivity (Wildman–Crippen MR) is 83.4 cm³/mol. The van der Waals surface area contributed by atoms with Gasteiger partial charge in [0.15, 0.2) is 5.16 Å². The van der Waals surface area contributed by atoms with Crippen molar-refractivity contribution in [1.82, 2.24) is 15.0 Å². The highest BCUT2D eigenvalue weighted by Gasteiger charge is 2.07. The first-order valence-corrected chi connectivity index (χ1v) is 7.34. The van der Waals surface area contributed by atoms with Crippen LogP contribution < -0.4 is 16.0 Å². The summed E-state index contributed by atoms with van der Waals surface area (Å²) in [7, 11) is 0. The fourth-order valence-electron chi connectivity index (χ4n) is 1.92. The lowest BCUT2D eigenvalue weighted by Crippen LogP contribution is -2.08. The molecule has 3 rings (SSSR count). The van der Waals surface area contributed by atoms with Crippen LogP contribution in [0.1, 0.15) is 6.92 Å². The van der Waals surface area contributed by atoms with Gasteiger partial charge < -0.3 is 15.1 Å². The van der Waals surface area contributed by atoms with Crippen LogP contribution in [0.3, 0.4) is 0 Å². The number of anilines is 1. The van der Waals surface area contributed by atoms with Gasteiger partial charge in [0.05, 0.1) is 17.6 Å². The zero-order chi connectivity index (χ0) is 14.7. The molecule has 0 spiro atoms. The number of rotatable bonds is 5. The lowest BCUT2D eigenvalue weighted by atomic mass is 10.3. The number of hydrogen-bond donors (Lipinski definition) is 3. The largest absolute Gasteiger partial charge is 0.494 e. The van der Waals surface area contributed by atoms with Gasteiger partial charge in [0.25, 0.3) is 0 Å². The lowest BCUT2D eigenvalue weighted by molar-refractivity contribution is 0.340. The molecule has 0 bridgehead atoms. The maximum atomic E-state index is 5.48. The number of hydrazine groups is 1. The third-order valence-corrected chi connectivity index (χ3v) is 3.64. The minimum atomic E-state index is 0.620. The van der Waals surface area contributed by atoms with Crippen LogP contribution in [0.15, 0.2) is 46.6 Å². The van der Waals surface area contributed by atoms with Gasteiger partial charge in [-0.05, 0) is 43.0 Å². The maximum Gasteiger partial charge on any atom is 0.172 e. The quantitative estimate of drug-likeness (QED) is 0.496. The average Bonchev–Trinajstić information content (AvgIpc) is 2.89. The van der Waals surface area contributed by atoms with E-state index in [2.05, 4.69) is 20.4 Å². The Balaban J connectivity index is 1.86. The lowest BCUT2D eigenvalue weighted by Gasteiger charge is -2.01. The number of nitrogen functional groups attached to an aromatic ring is 1. The Morgan fingerprint density at radius 3 is 3.00 bits per heavy atom. The summed E-state index contributed by atoms with van der Waals surface area (Å²) in [5, 5.41) is 1.59. The van der Waals surface area contributed by atoms with Gasteiger partial charge in [-0.1, -0.05) is 6.07 Å². The summed E-state index contributed by atoms with van der Waals surface area (Å²) in [6.45, 7) is 2.60. The molecular formula is C14H15N5OS. The van der Waals surface area contributed by atoms with Crippen molar-refractivity contribution in [2.24, 2.45) is 5.84 Å². The molecule has 0 radical (unpaired) electrons. The van der Waals surface area contributed by atoms with Crippen molar-refractivity contribution in [3.05, 3.63) is 36.4 Å². The van der Waals surface area contributed by atoms with Gasteiger partial charge in [0, 0.05) is 6.07 Å². The van der Waals surface area contributed by atoms with E-state index in [1.807, 2.05) is 37.3 Å². The Hall–Kier alpha value is -2.25. The standard InChI is InChI=1S/C14H15N5OS/c1-2-20-9-6-7-10-11(8-9)17-14(16-10)21-13-5-3-4-12(18-13)19-15/h3-8H,2,15H2,1H3,(H,16,17)(H,18,19). The molecule has 21 heavy (non-hydrogen) atoms. The van der Waals surface area contributed by atoms with Crippen LogP contribution >= 0.6 is 11.8 Å². The normalized spacial score (nSPS) is 10.8. The molecule has 0 aliphatic carbocycles. The van der Waals surface area contributed by atoms with Gasteiger partial charge in [-0.2, -0.15) is 0 Å². The molecule has 0 unspecified atom stereocenters. The van der Waals surface area contributed by atoms with Gasteiger partial charge in [0.2, 0.25) is 0 Å². The van der Waals surface area contributed by atoms with Gasteiger partial charge in [-0.25, -0.2) is 15.8 Å². The van der Waals surface area contributed by atoms with E-state index >= 15 is 0 Å². The Kier molecular flexibility index (Phi) is 3.94. The molecular weight excluding hydrogens is 286 g/mol. The van der Waals surface area contributed by atoms with Gasteiger partial charge in [-0.15, -0.1) is 0 Å². The first kappa shape index (κ1) is 13.7. The van der Waals surface area contributed by atoms with Crippen LogP contribution in [0, 0.1) is 0 Å². The van der Waals surface area contributed by atoms with E-state index in [1.165, 1.54) is 11.8 Å². The van der Waals surface area contributed by atoms with Crippen LogP contribution in [-0.4, -0.2) is 21.6 Å². The van der Waals surface area contributed by atoms with Crippen molar-refractivity contribution in [3.63, 3.8) is 0 Å². The Labute approximate surface area is 126 Å². The Morgan fingerprint density at radius 1 is 1.29 bits per heavy atom. The van der Waals surface area contributed by atoms with Crippen LogP contribution in [-0.2, 0) is 0 Å². The molecule has 0 aliphatic heterocycles. The van der Waals surface area contributed by atoms with Crippen LogP contribution in [0.2, 0.25) is 0 Å². The number of aromatic amines is 1. The van der Waals surface area contributed by atoms with Crippen molar-refractivity contribution < 1.29 is 4.74 Å². The number of hydrogen-bond acceptors (Lipinski definition) is 6. The second-order valence-electron chi connectivity index (χ2n) is 4.26. The summed E-state index contributed by atoms with van der Waals surface area (Å²) in [4.78, 5) is 12.1. The number of nitrogens with one attached hydrogen (secondary N) is 2. The molecule has 2 heterocycles. The molecule has 2 aromatic heterocycles. The molecule has 7 heteroatoms. The summed E-state index contributed by atoms with van der Waals surface area (Å²) < 4.78 is 5.48. The first-order valence-electron chi connectivity index (χ1n) is 6.52. The maximum absolute atomic E-state index is 5.48. The number of nitrogens with two attached hydrogens (primary N) is 1. The van der Waals surface area contributed by atoms with E-state index in [4.69, 9.17) is 10.6 Å². The van der Waals surface area contributed by atoms with Crippen molar-refractivity contribution in [1.29, 1.82) is 0 Å². The second kappa shape index (κ2) is 6.02.